The van der Waals surface area contributed by atoms with Crippen molar-refractivity contribution < 1.29 is 4.79 Å². The number of halogens is 2. The van der Waals surface area contributed by atoms with E-state index in [1.807, 2.05) is 0 Å². The summed E-state index contributed by atoms with van der Waals surface area (Å²) in [5.74, 6) is 0.520. The Hall–Kier alpha value is -0.730. The smallest absolute Gasteiger partial charge is 0.253 e. The van der Waals surface area contributed by atoms with Gasteiger partial charge in [0.2, 0.25) is 0 Å². The van der Waals surface area contributed by atoms with Crippen molar-refractivity contribution in [1.82, 2.24) is 5.32 Å². The lowest BCUT2D eigenvalue weighted by molar-refractivity contribution is 0.0874. The van der Waals surface area contributed by atoms with E-state index in [0.717, 1.165) is 12.8 Å². The molecule has 0 aliphatic heterocycles. The van der Waals surface area contributed by atoms with Crippen LogP contribution >= 0.6 is 23.2 Å². The van der Waals surface area contributed by atoms with Gasteiger partial charge in [-0.2, -0.15) is 0 Å². The lowest BCUT2D eigenvalue weighted by Gasteiger charge is -2.39. The van der Waals surface area contributed by atoms with Gasteiger partial charge in [0.25, 0.3) is 5.91 Å². The van der Waals surface area contributed by atoms with E-state index in [9.17, 15) is 4.79 Å². The van der Waals surface area contributed by atoms with Crippen molar-refractivity contribution in [1.29, 1.82) is 0 Å². The van der Waals surface area contributed by atoms with Gasteiger partial charge in [0, 0.05) is 11.1 Å². The number of benzene rings is 1. The van der Waals surface area contributed by atoms with Crippen LogP contribution in [-0.4, -0.2) is 11.9 Å². The lowest BCUT2D eigenvalue weighted by Crippen LogP contribution is -2.43. The van der Waals surface area contributed by atoms with Crippen LogP contribution in [0.4, 0.5) is 0 Å². The predicted molar refractivity (Wildman–Crippen MR) is 84.5 cm³/mol. The maximum atomic E-state index is 12.3. The third kappa shape index (κ3) is 3.89. The fourth-order valence-corrected chi connectivity index (χ4v) is 3.89. The summed E-state index contributed by atoms with van der Waals surface area (Å²) in [5, 5.41) is 4.06. The summed E-state index contributed by atoms with van der Waals surface area (Å²) in [5.41, 5.74) is 0.770. The maximum absolute atomic E-state index is 12.3. The highest BCUT2D eigenvalue weighted by atomic mass is 35.5. The van der Waals surface area contributed by atoms with Crippen molar-refractivity contribution in [3.8, 4) is 0 Å². The Morgan fingerprint density at radius 2 is 2.00 bits per heavy atom. The van der Waals surface area contributed by atoms with Gasteiger partial charge in [0.15, 0.2) is 0 Å². The molecule has 1 aromatic rings. The van der Waals surface area contributed by atoms with Crippen molar-refractivity contribution in [3.63, 3.8) is 0 Å². The van der Waals surface area contributed by atoms with Crippen molar-refractivity contribution in [2.45, 2.75) is 46.1 Å². The minimum absolute atomic E-state index is 0.110. The fourth-order valence-electron chi connectivity index (χ4n) is 3.39. The van der Waals surface area contributed by atoms with E-state index in [1.54, 1.807) is 18.2 Å². The zero-order valence-corrected chi connectivity index (χ0v) is 13.7. The van der Waals surface area contributed by atoms with Crippen molar-refractivity contribution in [3.05, 3.63) is 33.8 Å². The molecule has 1 amide bonds. The van der Waals surface area contributed by atoms with Crippen molar-refractivity contribution in [2.24, 2.45) is 11.3 Å². The largest absolute Gasteiger partial charge is 0.349 e. The van der Waals surface area contributed by atoms with Gasteiger partial charge >= 0.3 is 0 Å². The second-order valence-electron chi connectivity index (χ2n) is 6.71. The molecule has 0 heterocycles. The molecule has 0 radical (unpaired) electrons. The number of hydrogen-bond donors (Lipinski definition) is 1. The van der Waals surface area contributed by atoms with E-state index < -0.39 is 0 Å². The standard InChI is InChI=1S/C16H21Cl2NO/c1-10-6-12(9-16(2,3)8-10)19-15(20)13-5-4-11(17)7-14(13)18/h4-5,7,10,12H,6,8-9H2,1-3H3,(H,19,20)/t10-,12+/m0/s1. The third-order valence-electron chi connectivity index (χ3n) is 3.90. The summed E-state index contributed by atoms with van der Waals surface area (Å²) in [6, 6.07) is 5.19. The van der Waals surface area contributed by atoms with Gasteiger partial charge in [-0.3, -0.25) is 4.79 Å². The van der Waals surface area contributed by atoms with E-state index in [1.165, 1.54) is 6.42 Å². The Morgan fingerprint density at radius 3 is 2.60 bits per heavy atom. The second-order valence-corrected chi connectivity index (χ2v) is 7.55. The number of rotatable bonds is 2. The molecule has 1 fully saturated rings. The highest BCUT2D eigenvalue weighted by molar-refractivity contribution is 6.36. The Labute approximate surface area is 130 Å². The van der Waals surface area contributed by atoms with Crippen molar-refractivity contribution >= 4 is 29.1 Å². The normalized spacial score (nSPS) is 25.2. The molecule has 2 rings (SSSR count). The van der Waals surface area contributed by atoms with Crippen LogP contribution in [0, 0.1) is 11.3 Å². The third-order valence-corrected chi connectivity index (χ3v) is 4.45. The van der Waals surface area contributed by atoms with Gasteiger partial charge < -0.3 is 5.32 Å². The van der Waals surface area contributed by atoms with E-state index in [0.29, 0.717) is 21.5 Å². The molecular formula is C16H21Cl2NO. The molecule has 4 heteroatoms. The average Bonchev–Trinajstić information content (AvgIpc) is 2.25. The van der Waals surface area contributed by atoms with E-state index in [2.05, 4.69) is 26.1 Å². The number of amides is 1. The van der Waals surface area contributed by atoms with Gasteiger partial charge in [-0.15, -0.1) is 0 Å². The van der Waals surface area contributed by atoms with Crippen LogP contribution in [-0.2, 0) is 0 Å². The molecule has 0 spiro atoms. The Morgan fingerprint density at radius 1 is 1.30 bits per heavy atom. The molecule has 2 atom stereocenters. The van der Waals surface area contributed by atoms with Gasteiger partial charge in [0.05, 0.1) is 10.6 Å². The quantitative estimate of drug-likeness (QED) is 0.823. The minimum Gasteiger partial charge on any atom is -0.349 e. The highest BCUT2D eigenvalue weighted by Gasteiger charge is 2.32. The van der Waals surface area contributed by atoms with Crippen LogP contribution in [0.25, 0.3) is 0 Å². The van der Waals surface area contributed by atoms with Gasteiger partial charge in [-0.05, 0) is 48.8 Å². The maximum Gasteiger partial charge on any atom is 0.253 e. The van der Waals surface area contributed by atoms with Crippen LogP contribution in [0.5, 0.6) is 0 Å². The molecule has 0 unspecified atom stereocenters. The van der Waals surface area contributed by atoms with Crippen LogP contribution in [0.2, 0.25) is 10.0 Å². The van der Waals surface area contributed by atoms with E-state index in [-0.39, 0.29) is 17.4 Å². The Balaban J connectivity index is 2.07. The Bertz CT molecular complexity index is 513. The summed E-state index contributed by atoms with van der Waals surface area (Å²) in [4.78, 5) is 12.3. The number of carbonyl (C=O) groups is 1. The minimum atomic E-state index is -0.110. The number of carbonyl (C=O) groups excluding carboxylic acids is 1. The molecule has 1 N–H and O–H groups in total. The average molecular weight is 314 g/mol. The molecule has 1 aromatic carbocycles. The van der Waals surface area contributed by atoms with E-state index in [4.69, 9.17) is 23.2 Å². The molecule has 0 saturated heterocycles. The topological polar surface area (TPSA) is 29.1 Å². The van der Waals surface area contributed by atoms with Crippen molar-refractivity contribution in [2.75, 3.05) is 0 Å². The van der Waals surface area contributed by atoms with Gasteiger partial charge in [-0.1, -0.05) is 44.0 Å². The summed E-state index contributed by atoms with van der Waals surface area (Å²) in [6.07, 6.45) is 3.25. The van der Waals surface area contributed by atoms with Crippen LogP contribution < -0.4 is 5.32 Å². The zero-order chi connectivity index (χ0) is 14.9. The molecule has 20 heavy (non-hydrogen) atoms. The van der Waals surface area contributed by atoms with E-state index >= 15 is 0 Å². The van der Waals surface area contributed by atoms with Gasteiger partial charge in [0.1, 0.15) is 0 Å². The summed E-state index contributed by atoms with van der Waals surface area (Å²) >= 11 is 11.9. The molecule has 1 aliphatic carbocycles. The first-order valence-electron chi connectivity index (χ1n) is 7.03. The SMILES string of the molecule is C[C@H]1C[C@@H](NC(=O)c2ccc(Cl)cc2Cl)CC(C)(C)C1. The molecule has 0 aromatic heterocycles. The lowest BCUT2D eigenvalue weighted by atomic mass is 9.70. The predicted octanol–water partition coefficient (Wildman–Crippen LogP) is 4.94. The highest BCUT2D eigenvalue weighted by Crippen LogP contribution is 2.38. The van der Waals surface area contributed by atoms with Crippen LogP contribution in [0.15, 0.2) is 18.2 Å². The molecule has 0 bridgehead atoms. The first-order valence-corrected chi connectivity index (χ1v) is 7.78. The summed E-state index contributed by atoms with van der Waals surface area (Å²) in [6.45, 7) is 6.77. The number of hydrogen-bond acceptors (Lipinski definition) is 1. The van der Waals surface area contributed by atoms with Gasteiger partial charge in [-0.25, -0.2) is 0 Å². The fraction of sp³-hybridized carbons (Fsp3) is 0.562. The Kier molecular flexibility index (Phi) is 4.66. The van der Waals surface area contributed by atoms with Crippen LogP contribution in [0.1, 0.15) is 50.4 Å². The monoisotopic (exact) mass is 313 g/mol. The number of nitrogens with one attached hydrogen (secondary N) is 1. The molecule has 2 nitrogen and oxygen atoms in total. The molecular weight excluding hydrogens is 293 g/mol. The molecule has 1 aliphatic rings. The first kappa shape index (κ1) is 15.7. The zero-order valence-electron chi connectivity index (χ0n) is 12.2. The molecule has 110 valence electrons. The summed E-state index contributed by atoms with van der Waals surface area (Å²) < 4.78 is 0. The summed E-state index contributed by atoms with van der Waals surface area (Å²) in [7, 11) is 0. The van der Waals surface area contributed by atoms with Crippen LogP contribution in [0.3, 0.4) is 0 Å². The molecule has 1 saturated carbocycles. The second kappa shape index (κ2) is 5.95. The first-order chi connectivity index (χ1) is 9.27.